The molecule has 1 aromatic heterocycles. The van der Waals surface area contributed by atoms with Gasteiger partial charge in [-0.3, -0.25) is 0 Å². The number of nitrogens with one attached hydrogen (secondary N) is 1. The Morgan fingerprint density at radius 2 is 2.14 bits per heavy atom. The van der Waals surface area contributed by atoms with Gasteiger partial charge in [-0.2, -0.15) is 0 Å². The molecule has 0 aliphatic carbocycles. The molecule has 0 saturated carbocycles. The largest absolute Gasteiger partial charge is 0.242 e. The van der Waals surface area contributed by atoms with Crippen molar-refractivity contribution in [2.45, 2.75) is 30.7 Å². The van der Waals surface area contributed by atoms with Crippen LogP contribution in [0.3, 0.4) is 0 Å². The molecule has 7 heteroatoms. The third-order valence-electron chi connectivity index (χ3n) is 2.94. The van der Waals surface area contributed by atoms with Crippen molar-refractivity contribution in [3.63, 3.8) is 0 Å². The Labute approximate surface area is 136 Å². The summed E-state index contributed by atoms with van der Waals surface area (Å²) < 4.78 is 41.0. The summed E-state index contributed by atoms with van der Waals surface area (Å²) >= 11 is 4.62. The van der Waals surface area contributed by atoms with E-state index in [1.807, 2.05) is 24.4 Å². The maximum atomic E-state index is 13.1. The maximum absolute atomic E-state index is 13.1. The fraction of sp³-hybridized carbons (Fsp3) is 0.286. The van der Waals surface area contributed by atoms with E-state index in [1.165, 1.54) is 17.4 Å². The molecule has 0 amide bonds. The number of halogens is 2. The van der Waals surface area contributed by atoms with Crippen LogP contribution < -0.4 is 4.72 Å². The topological polar surface area (TPSA) is 46.2 Å². The Bertz CT molecular complexity index is 702. The Morgan fingerprint density at radius 3 is 2.71 bits per heavy atom. The zero-order valence-electron chi connectivity index (χ0n) is 11.3. The van der Waals surface area contributed by atoms with E-state index in [1.54, 1.807) is 0 Å². The lowest BCUT2D eigenvalue weighted by Crippen LogP contribution is -2.28. The predicted molar refractivity (Wildman–Crippen MR) is 86.4 cm³/mol. The molecule has 0 fully saturated rings. The van der Waals surface area contributed by atoms with Crippen LogP contribution in [0.4, 0.5) is 4.39 Å². The van der Waals surface area contributed by atoms with Crippen LogP contribution in [0.5, 0.6) is 0 Å². The number of rotatable bonds is 6. The predicted octanol–water partition coefficient (Wildman–Crippen LogP) is 4.47. The Balaban J connectivity index is 2.30. The van der Waals surface area contributed by atoms with E-state index in [-0.39, 0.29) is 15.4 Å². The first-order chi connectivity index (χ1) is 9.94. The zero-order chi connectivity index (χ0) is 15.5. The van der Waals surface area contributed by atoms with Gasteiger partial charge >= 0.3 is 0 Å². The molecule has 114 valence electrons. The summed E-state index contributed by atoms with van der Waals surface area (Å²) in [5, 5.41) is 1.92. The molecule has 0 aliphatic rings. The van der Waals surface area contributed by atoms with Crippen LogP contribution in [-0.2, 0) is 10.0 Å². The summed E-state index contributed by atoms with van der Waals surface area (Å²) in [6.07, 6.45) is 1.56. The van der Waals surface area contributed by atoms with Gasteiger partial charge in [0.15, 0.2) is 0 Å². The first-order valence-corrected chi connectivity index (χ1v) is 9.60. The van der Waals surface area contributed by atoms with Crippen LogP contribution in [0.2, 0.25) is 0 Å². The van der Waals surface area contributed by atoms with Crippen molar-refractivity contribution in [3.8, 4) is 0 Å². The van der Waals surface area contributed by atoms with Crippen molar-refractivity contribution >= 4 is 37.3 Å². The lowest BCUT2D eigenvalue weighted by molar-refractivity contribution is 0.539. The maximum Gasteiger partial charge on any atom is 0.242 e. The summed E-state index contributed by atoms with van der Waals surface area (Å²) in [7, 11) is -3.71. The van der Waals surface area contributed by atoms with Gasteiger partial charge in [-0.15, -0.1) is 11.3 Å². The minimum atomic E-state index is -3.71. The Morgan fingerprint density at radius 1 is 1.38 bits per heavy atom. The fourth-order valence-electron chi connectivity index (χ4n) is 1.98. The molecule has 3 nitrogen and oxygen atoms in total. The number of hydrogen-bond acceptors (Lipinski definition) is 3. The Hall–Kier alpha value is -0.760. The van der Waals surface area contributed by atoms with Crippen LogP contribution in [0.15, 0.2) is 45.1 Å². The number of sulfonamides is 1. The van der Waals surface area contributed by atoms with Gasteiger partial charge in [-0.25, -0.2) is 17.5 Å². The average molecular weight is 392 g/mol. The Kier molecular flexibility index (Phi) is 5.54. The standard InChI is InChI=1S/C14H15BrFNO2S2/c1-2-4-12(13-5-3-8-20-13)17-21(18,19)14-7-6-10(16)9-11(14)15/h3,5-9,12,17H,2,4H2,1H3. The summed E-state index contributed by atoms with van der Waals surface area (Å²) in [6, 6.07) is 7.09. The van der Waals surface area contributed by atoms with Crippen LogP contribution in [-0.4, -0.2) is 8.42 Å². The van der Waals surface area contributed by atoms with Crippen LogP contribution in [0.1, 0.15) is 30.7 Å². The van der Waals surface area contributed by atoms with E-state index in [0.717, 1.165) is 23.4 Å². The fourth-order valence-corrected chi connectivity index (χ4v) is 5.17. The van der Waals surface area contributed by atoms with Gasteiger partial charge in [0.05, 0.1) is 10.9 Å². The lowest BCUT2D eigenvalue weighted by atomic mass is 10.1. The molecule has 1 N–H and O–H groups in total. The monoisotopic (exact) mass is 391 g/mol. The van der Waals surface area contributed by atoms with Crippen molar-refractivity contribution in [2.24, 2.45) is 0 Å². The van der Waals surface area contributed by atoms with Gasteiger partial charge in [0.25, 0.3) is 0 Å². The first kappa shape index (κ1) is 16.6. The molecular formula is C14H15BrFNO2S2. The molecule has 1 aromatic carbocycles. The van der Waals surface area contributed by atoms with Crippen molar-refractivity contribution in [1.29, 1.82) is 0 Å². The smallest absolute Gasteiger partial charge is 0.207 e. The normalized spacial score (nSPS) is 13.3. The van der Waals surface area contributed by atoms with Gasteiger partial charge in [-0.1, -0.05) is 19.4 Å². The molecule has 21 heavy (non-hydrogen) atoms. The highest BCUT2D eigenvalue weighted by Crippen LogP contribution is 2.28. The number of thiophene rings is 1. The van der Waals surface area contributed by atoms with Crippen LogP contribution >= 0.6 is 27.3 Å². The second-order valence-electron chi connectivity index (χ2n) is 4.55. The van der Waals surface area contributed by atoms with Crippen molar-refractivity contribution in [3.05, 3.63) is 50.9 Å². The van der Waals surface area contributed by atoms with Gasteiger partial charge in [0.2, 0.25) is 10.0 Å². The molecule has 1 atom stereocenters. The minimum Gasteiger partial charge on any atom is -0.207 e. The van der Waals surface area contributed by atoms with E-state index >= 15 is 0 Å². The van der Waals surface area contributed by atoms with E-state index < -0.39 is 15.8 Å². The molecule has 2 aromatic rings. The van der Waals surface area contributed by atoms with E-state index in [2.05, 4.69) is 20.7 Å². The second kappa shape index (κ2) is 7.00. The third-order valence-corrected chi connectivity index (χ3v) is 6.38. The molecular weight excluding hydrogens is 377 g/mol. The highest BCUT2D eigenvalue weighted by atomic mass is 79.9. The van der Waals surface area contributed by atoms with E-state index in [4.69, 9.17) is 0 Å². The molecule has 1 unspecified atom stereocenters. The lowest BCUT2D eigenvalue weighted by Gasteiger charge is -2.17. The molecule has 0 bridgehead atoms. The molecule has 0 aliphatic heterocycles. The van der Waals surface area contributed by atoms with Crippen molar-refractivity contribution in [2.75, 3.05) is 0 Å². The van der Waals surface area contributed by atoms with E-state index in [9.17, 15) is 12.8 Å². The van der Waals surface area contributed by atoms with Gasteiger partial charge in [0.1, 0.15) is 5.82 Å². The molecule has 0 radical (unpaired) electrons. The zero-order valence-corrected chi connectivity index (χ0v) is 14.6. The third kappa shape index (κ3) is 4.12. The highest BCUT2D eigenvalue weighted by molar-refractivity contribution is 9.10. The van der Waals surface area contributed by atoms with Crippen LogP contribution in [0, 0.1) is 5.82 Å². The average Bonchev–Trinajstić information content (AvgIpc) is 2.91. The van der Waals surface area contributed by atoms with E-state index in [0.29, 0.717) is 6.42 Å². The van der Waals surface area contributed by atoms with Crippen molar-refractivity contribution < 1.29 is 12.8 Å². The number of benzene rings is 1. The molecule has 0 spiro atoms. The highest BCUT2D eigenvalue weighted by Gasteiger charge is 2.23. The molecule has 0 saturated heterocycles. The van der Waals surface area contributed by atoms with Gasteiger partial charge in [0, 0.05) is 9.35 Å². The molecule has 1 heterocycles. The van der Waals surface area contributed by atoms with Crippen LogP contribution in [0.25, 0.3) is 0 Å². The summed E-state index contributed by atoms with van der Waals surface area (Å²) in [5.74, 6) is -0.482. The van der Waals surface area contributed by atoms with Gasteiger partial charge < -0.3 is 0 Å². The quantitative estimate of drug-likeness (QED) is 0.789. The second-order valence-corrected chi connectivity index (χ2v) is 8.07. The van der Waals surface area contributed by atoms with Gasteiger partial charge in [-0.05, 0) is 52.0 Å². The number of hydrogen-bond donors (Lipinski definition) is 1. The minimum absolute atomic E-state index is 0.0431. The van der Waals surface area contributed by atoms with Crippen molar-refractivity contribution in [1.82, 2.24) is 4.72 Å². The first-order valence-electron chi connectivity index (χ1n) is 6.45. The summed E-state index contributed by atoms with van der Waals surface area (Å²) in [4.78, 5) is 1.01. The summed E-state index contributed by atoms with van der Waals surface area (Å²) in [5.41, 5.74) is 0. The summed E-state index contributed by atoms with van der Waals surface area (Å²) in [6.45, 7) is 2.00. The molecule has 2 rings (SSSR count). The SMILES string of the molecule is CCCC(NS(=O)(=O)c1ccc(F)cc1Br)c1cccs1.